The molecule has 0 aromatic heterocycles. The van der Waals surface area contributed by atoms with E-state index in [-0.39, 0.29) is 33.9 Å². The second kappa shape index (κ2) is 9.04. The van der Waals surface area contributed by atoms with Crippen molar-refractivity contribution in [1.82, 2.24) is 4.90 Å². The van der Waals surface area contributed by atoms with Crippen LogP contribution in [0.5, 0.6) is 0 Å². The molecule has 0 saturated carbocycles. The first-order chi connectivity index (χ1) is 16.3. The van der Waals surface area contributed by atoms with Crippen molar-refractivity contribution < 1.29 is 36.0 Å². The summed E-state index contributed by atoms with van der Waals surface area (Å²) in [4.78, 5) is 18.8. The van der Waals surface area contributed by atoms with Gasteiger partial charge in [-0.05, 0) is 29.3 Å². The second-order valence-electron chi connectivity index (χ2n) is 9.01. The van der Waals surface area contributed by atoms with E-state index in [1.807, 2.05) is 13.8 Å². The fraction of sp³-hybridized carbons (Fsp3) is 0.417. The van der Waals surface area contributed by atoms with Gasteiger partial charge in [-0.3, -0.25) is 4.79 Å². The van der Waals surface area contributed by atoms with E-state index in [2.05, 4.69) is 5.16 Å². The van der Waals surface area contributed by atoms with Gasteiger partial charge in [0, 0.05) is 35.5 Å². The molecule has 1 fully saturated rings. The normalized spacial score (nSPS) is 21.1. The van der Waals surface area contributed by atoms with Crippen LogP contribution in [0.15, 0.2) is 47.6 Å². The van der Waals surface area contributed by atoms with Crippen LogP contribution in [-0.2, 0) is 15.8 Å². The summed E-state index contributed by atoms with van der Waals surface area (Å²) in [7, 11) is 0. The first kappa shape index (κ1) is 25.3. The zero-order valence-electron chi connectivity index (χ0n) is 18.6. The van der Waals surface area contributed by atoms with Gasteiger partial charge in [0.1, 0.15) is 11.6 Å². The highest BCUT2D eigenvalue weighted by atomic mass is 35.5. The lowest BCUT2D eigenvalue weighted by molar-refractivity contribution is -0.177. The molecule has 0 bridgehead atoms. The third-order valence-electron chi connectivity index (χ3n) is 6.16. The van der Waals surface area contributed by atoms with Crippen LogP contribution in [0.4, 0.5) is 26.3 Å². The lowest BCUT2D eigenvalue weighted by Crippen LogP contribution is -2.49. The molecule has 4 rings (SSSR count). The number of carbonyl (C=O) groups is 1. The van der Waals surface area contributed by atoms with Gasteiger partial charge < -0.3 is 9.74 Å². The third kappa shape index (κ3) is 5.12. The van der Waals surface area contributed by atoms with Gasteiger partial charge in [0.25, 0.3) is 0 Å². The minimum Gasteiger partial charge on any atom is -0.386 e. The average Bonchev–Trinajstić information content (AvgIpc) is 3.18. The van der Waals surface area contributed by atoms with E-state index in [1.165, 1.54) is 12.1 Å². The van der Waals surface area contributed by atoms with Crippen molar-refractivity contribution in [3.63, 3.8) is 0 Å². The molecule has 2 aliphatic rings. The number of alkyl halides is 6. The Kier molecular flexibility index (Phi) is 6.54. The molecular weight excluding hydrogens is 498 g/mol. The van der Waals surface area contributed by atoms with E-state index in [0.29, 0.717) is 25.2 Å². The Labute approximate surface area is 202 Å². The quantitative estimate of drug-likeness (QED) is 0.428. The minimum atomic E-state index is -4.84. The smallest absolute Gasteiger partial charge is 0.386 e. The number of hydrogen-bond donors (Lipinski definition) is 0. The van der Waals surface area contributed by atoms with Crippen molar-refractivity contribution in [2.75, 3.05) is 13.1 Å². The molecule has 4 nitrogen and oxygen atoms in total. The van der Waals surface area contributed by atoms with Crippen molar-refractivity contribution in [3.05, 3.63) is 69.7 Å². The molecule has 11 heteroatoms. The van der Waals surface area contributed by atoms with Crippen LogP contribution >= 0.6 is 11.6 Å². The van der Waals surface area contributed by atoms with E-state index < -0.39 is 35.6 Å². The Morgan fingerprint density at radius 2 is 1.66 bits per heavy atom. The second-order valence-corrected chi connectivity index (χ2v) is 9.45. The lowest BCUT2D eigenvalue weighted by Gasteiger charge is -2.40. The van der Waals surface area contributed by atoms with E-state index >= 15 is 0 Å². The number of amides is 1. The van der Waals surface area contributed by atoms with Crippen LogP contribution < -0.4 is 0 Å². The van der Waals surface area contributed by atoms with Crippen molar-refractivity contribution in [2.45, 2.75) is 38.2 Å². The largest absolute Gasteiger partial charge is 0.416 e. The Bertz CT molecular complexity index is 1140. The average molecular weight is 519 g/mol. The topological polar surface area (TPSA) is 41.9 Å². The van der Waals surface area contributed by atoms with Gasteiger partial charge in [0.05, 0.1) is 5.56 Å². The van der Waals surface area contributed by atoms with Gasteiger partial charge in [0.2, 0.25) is 5.91 Å². The van der Waals surface area contributed by atoms with Crippen LogP contribution in [0.25, 0.3) is 0 Å². The lowest BCUT2D eigenvalue weighted by atomic mass is 9.85. The standard InChI is InChI=1S/C24H21ClF6N2O2/c1-12(2)22(34)33-10-16(11-33)13-3-5-14(6-4-13)20-19(24(29,30)31)21(35-32-20)15-7-17(23(26,27)28)9-18(25)8-15/h3-9,12,16,19,21H,10-11H2,1-2H3. The molecule has 2 heterocycles. The summed E-state index contributed by atoms with van der Waals surface area (Å²) in [5.74, 6) is -2.27. The molecule has 1 amide bonds. The fourth-order valence-electron chi connectivity index (χ4n) is 4.29. The maximum atomic E-state index is 14.1. The highest BCUT2D eigenvalue weighted by molar-refractivity contribution is 6.30. The Balaban J connectivity index is 1.56. The molecule has 2 aromatic rings. The summed E-state index contributed by atoms with van der Waals surface area (Å²) in [5.41, 5.74) is -0.954. The Hall–Kier alpha value is -2.75. The number of halogens is 7. The zero-order chi connectivity index (χ0) is 25.7. The maximum Gasteiger partial charge on any atom is 0.416 e. The molecule has 1 saturated heterocycles. The van der Waals surface area contributed by atoms with Crippen LogP contribution in [0.3, 0.4) is 0 Å². The molecule has 35 heavy (non-hydrogen) atoms. The van der Waals surface area contributed by atoms with Crippen molar-refractivity contribution in [2.24, 2.45) is 17.0 Å². The zero-order valence-corrected chi connectivity index (χ0v) is 19.4. The molecule has 0 aliphatic carbocycles. The maximum absolute atomic E-state index is 14.1. The highest BCUT2D eigenvalue weighted by Crippen LogP contribution is 2.46. The summed E-state index contributed by atoms with van der Waals surface area (Å²) < 4.78 is 81.7. The molecule has 0 N–H and O–H groups in total. The molecule has 0 spiro atoms. The van der Waals surface area contributed by atoms with E-state index in [4.69, 9.17) is 16.4 Å². The monoisotopic (exact) mass is 518 g/mol. The van der Waals surface area contributed by atoms with E-state index in [0.717, 1.165) is 11.6 Å². The number of carbonyl (C=O) groups excluding carboxylic acids is 1. The van der Waals surface area contributed by atoms with Crippen LogP contribution in [-0.4, -0.2) is 35.8 Å². The van der Waals surface area contributed by atoms with Crippen LogP contribution in [0.2, 0.25) is 5.02 Å². The molecule has 2 unspecified atom stereocenters. The first-order valence-corrected chi connectivity index (χ1v) is 11.2. The Morgan fingerprint density at radius 1 is 1.03 bits per heavy atom. The van der Waals surface area contributed by atoms with Crippen LogP contribution in [0, 0.1) is 11.8 Å². The molecular formula is C24H21ClF6N2O2. The minimum absolute atomic E-state index is 0.0455. The molecule has 188 valence electrons. The Morgan fingerprint density at radius 3 is 2.20 bits per heavy atom. The third-order valence-corrected chi connectivity index (χ3v) is 6.37. The van der Waals surface area contributed by atoms with Gasteiger partial charge in [0.15, 0.2) is 6.10 Å². The molecule has 2 atom stereocenters. The van der Waals surface area contributed by atoms with Gasteiger partial charge >= 0.3 is 12.4 Å². The number of nitrogens with zero attached hydrogens (tertiary/aromatic N) is 2. The number of rotatable bonds is 4. The van der Waals surface area contributed by atoms with Gasteiger partial charge in [-0.15, -0.1) is 0 Å². The first-order valence-electron chi connectivity index (χ1n) is 10.8. The predicted molar refractivity (Wildman–Crippen MR) is 117 cm³/mol. The number of benzene rings is 2. The van der Waals surface area contributed by atoms with Gasteiger partial charge in [-0.1, -0.05) is 54.9 Å². The van der Waals surface area contributed by atoms with Gasteiger partial charge in [-0.2, -0.15) is 26.3 Å². The molecule has 0 radical (unpaired) electrons. The molecule has 2 aliphatic heterocycles. The number of oxime groups is 1. The summed E-state index contributed by atoms with van der Waals surface area (Å²) in [6.45, 7) is 4.69. The number of hydrogen-bond acceptors (Lipinski definition) is 3. The van der Waals surface area contributed by atoms with Gasteiger partial charge in [-0.25, -0.2) is 0 Å². The fourth-order valence-corrected chi connectivity index (χ4v) is 4.53. The number of likely N-dealkylation sites (tertiary alicyclic amines) is 1. The summed E-state index contributed by atoms with van der Waals surface area (Å²) >= 11 is 5.76. The molecule has 2 aromatic carbocycles. The predicted octanol–water partition coefficient (Wildman–Crippen LogP) is 6.59. The summed E-state index contributed by atoms with van der Waals surface area (Å²) in [6.07, 6.45) is -11.4. The SMILES string of the molecule is CC(C)C(=O)N1CC(c2ccc(C3=NOC(c4cc(Cl)cc(C(F)(F)F)c4)C3C(F)(F)F)cc2)C1. The van der Waals surface area contributed by atoms with Crippen molar-refractivity contribution >= 4 is 23.2 Å². The van der Waals surface area contributed by atoms with E-state index in [1.54, 1.807) is 17.0 Å². The summed E-state index contributed by atoms with van der Waals surface area (Å²) in [5, 5.41) is 3.26. The van der Waals surface area contributed by atoms with Crippen molar-refractivity contribution in [3.8, 4) is 0 Å². The highest BCUT2D eigenvalue weighted by Gasteiger charge is 2.54. The summed E-state index contributed by atoms with van der Waals surface area (Å²) in [6, 6.07) is 8.54. The van der Waals surface area contributed by atoms with E-state index in [9.17, 15) is 31.1 Å². The van der Waals surface area contributed by atoms with Crippen LogP contribution in [0.1, 0.15) is 48.1 Å². The van der Waals surface area contributed by atoms with Crippen molar-refractivity contribution in [1.29, 1.82) is 0 Å².